The van der Waals surface area contributed by atoms with E-state index in [2.05, 4.69) is 0 Å². The molecule has 0 aromatic carbocycles. The van der Waals surface area contributed by atoms with Gasteiger partial charge in [0.05, 0.1) is 6.10 Å². The molecule has 0 amide bonds. The molecule has 0 heterocycles. The summed E-state index contributed by atoms with van der Waals surface area (Å²) in [6, 6.07) is 0. The highest BCUT2D eigenvalue weighted by Gasteiger charge is 2.15. The van der Waals surface area contributed by atoms with Crippen molar-refractivity contribution >= 4 is 0 Å². The van der Waals surface area contributed by atoms with E-state index in [-0.39, 0.29) is 6.10 Å². The lowest BCUT2D eigenvalue weighted by Crippen LogP contribution is -1.99. The van der Waals surface area contributed by atoms with Crippen molar-refractivity contribution < 1.29 is 5.11 Å². The predicted molar refractivity (Wildman–Crippen MR) is 33.6 cm³/mol. The largest absolute Gasteiger partial charge is 0.389 e. The Labute approximate surface area is 50.0 Å². The summed E-state index contributed by atoms with van der Waals surface area (Å²) in [6.45, 7) is 1.99. The number of hydrogen-bond donors (Lipinski definition) is 1. The zero-order valence-electron chi connectivity index (χ0n) is 5.22. The summed E-state index contributed by atoms with van der Waals surface area (Å²) >= 11 is 0. The molecule has 1 heteroatoms. The van der Waals surface area contributed by atoms with Gasteiger partial charge in [0, 0.05) is 0 Å². The smallest absolute Gasteiger partial charge is 0.0750 e. The van der Waals surface area contributed by atoms with Crippen molar-refractivity contribution in [2.75, 3.05) is 0 Å². The fraction of sp³-hybridized carbons (Fsp3) is 0.714. The van der Waals surface area contributed by atoms with Gasteiger partial charge in [0.2, 0.25) is 0 Å². The van der Waals surface area contributed by atoms with E-state index in [0.717, 1.165) is 12.8 Å². The van der Waals surface area contributed by atoms with Gasteiger partial charge >= 0.3 is 0 Å². The summed E-state index contributed by atoms with van der Waals surface area (Å²) in [5.74, 6) is 0. The monoisotopic (exact) mass is 112 g/mol. The summed E-state index contributed by atoms with van der Waals surface area (Å²) in [5, 5.41) is 9.12. The molecule has 0 aromatic rings. The van der Waals surface area contributed by atoms with Crippen molar-refractivity contribution in [2.45, 2.75) is 32.3 Å². The summed E-state index contributed by atoms with van der Waals surface area (Å²) in [7, 11) is 0. The van der Waals surface area contributed by atoms with Crippen LogP contribution in [0.4, 0.5) is 0 Å². The first-order valence-corrected chi connectivity index (χ1v) is 3.17. The minimum absolute atomic E-state index is 0.111. The highest BCUT2D eigenvalue weighted by molar-refractivity contribution is 5.10. The third kappa shape index (κ3) is 0.920. The van der Waals surface area contributed by atoms with Gasteiger partial charge < -0.3 is 5.11 Å². The highest BCUT2D eigenvalue weighted by Crippen LogP contribution is 2.23. The number of aliphatic hydroxyl groups excluding tert-OH is 1. The van der Waals surface area contributed by atoms with Crippen LogP contribution in [0.25, 0.3) is 0 Å². The van der Waals surface area contributed by atoms with E-state index in [4.69, 9.17) is 5.11 Å². The fourth-order valence-electron chi connectivity index (χ4n) is 1.19. The first kappa shape index (κ1) is 5.83. The average molecular weight is 112 g/mol. The van der Waals surface area contributed by atoms with Crippen LogP contribution < -0.4 is 0 Å². The molecule has 1 N–H and O–H groups in total. The van der Waals surface area contributed by atoms with Gasteiger partial charge in [-0.3, -0.25) is 0 Å². The lowest BCUT2D eigenvalue weighted by molar-refractivity contribution is 0.218. The van der Waals surface area contributed by atoms with E-state index in [0.29, 0.717) is 0 Å². The summed E-state index contributed by atoms with van der Waals surface area (Å²) in [4.78, 5) is 0. The van der Waals surface area contributed by atoms with Crippen LogP contribution in [0.15, 0.2) is 11.6 Å². The molecule has 1 fully saturated rings. The Kier molecular flexibility index (Phi) is 1.69. The molecule has 46 valence electrons. The van der Waals surface area contributed by atoms with Gasteiger partial charge in [0.15, 0.2) is 0 Å². The average Bonchev–Trinajstić information content (AvgIpc) is 2.14. The van der Waals surface area contributed by atoms with Crippen LogP contribution in [0.5, 0.6) is 0 Å². The molecule has 0 radical (unpaired) electrons. The van der Waals surface area contributed by atoms with Crippen molar-refractivity contribution in [3.63, 3.8) is 0 Å². The first-order valence-electron chi connectivity index (χ1n) is 3.17. The van der Waals surface area contributed by atoms with Crippen LogP contribution in [-0.4, -0.2) is 11.2 Å². The fourth-order valence-corrected chi connectivity index (χ4v) is 1.19. The van der Waals surface area contributed by atoms with Gasteiger partial charge in [-0.05, 0) is 31.8 Å². The van der Waals surface area contributed by atoms with Crippen LogP contribution in [0.3, 0.4) is 0 Å². The van der Waals surface area contributed by atoms with E-state index in [1.165, 1.54) is 12.0 Å². The van der Waals surface area contributed by atoms with Crippen molar-refractivity contribution in [2.24, 2.45) is 0 Å². The second-order valence-electron chi connectivity index (χ2n) is 2.27. The zero-order valence-corrected chi connectivity index (χ0v) is 5.22. The van der Waals surface area contributed by atoms with Crippen LogP contribution in [0, 0.1) is 0 Å². The molecular formula is C7H12O. The van der Waals surface area contributed by atoms with E-state index in [1.807, 2.05) is 13.0 Å². The Balaban J connectivity index is 2.55. The molecular weight excluding hydrogens is 100 g/mol. The molecule has 8 heavy (non-hydrogen) atoms. The van der Waals surface area contributed by atoms with E-state index in [9.17, 15) is 0 Å². The van der Waals surface area contributed by atoms with Crippen LogP contribution in [0.1, 0.15) is 26.2 Å². The lowest BCUT2D eigenvalue weighted by Gasteiger charge is -1.99. The first-order chi connectivity index (χ1) is 3.84. The predicted octanol–water partition coefficient (Wildman–Crippen LogP) is 1.48. The maximum Gasteiger partial charge on any atom is 0.0750 e. The molecule has 0 bridgehead atoms. The summed E-state index contributed by atoms with van der Waals surface area (Å²) < 4.78 is 0. The van der Waals surface area contributed by atoms with Crippen molar-refractivity contribution in [3.8, 4) is 0 Å². The number of aliphatic hydroxyl groups is 1. The summed E-state index contributed by atoms with van der Waals surface area (Å²) in [6.07, 6.45) is 5.16. The molecule has 1 nitrogen and oxygen atoms in total. The third-order valence-electron chi connectivity index (χ3n) is 1.74. The van der Waals surface area contributed by atoms with Crippen molar-refractivity contribution in [3.05, 3.63) is 11.6 Å². The minimum atomic E-state index is -0.111. The molecule has 1 saturated carbocycles. The highest BCUT2D eigenvalue weighted by atomic mass is 16.3. The van der Waals surface area contributed by atoms with Crippen LogP contribution >= 0.6 is 0 Å². The second-order valence-corrected chi connectivity index (χ2v) is 2.27. The molecule has 0 spiro atoms. The minimum Gasteiger partial charge on any atom is -0.389 e. The van der Waals surface area contributed by atoms with Gasteiger partial charge in [-0.15, -0.1) is 0 Å². The zero-order chi connectivity index (χ0) is 5.98. The van der Waals surface area contributed by atoms with Crippen molar-refractivity contribution in [1.82, 2.24) is 0 Å². The second kappa shape index (κ2) is 2.31. The van der Waals surface area contributed by atoms with Gasteiger partial charge in [0.25, 0.3) is 0 Å². The quantitative estimate of drug-likeness (QED) is 0.470. The maximum absolute atomic E-state index is 9.12. The molecule has 1 rings (SSSR count). The van der Waals surface area contributed by atoms with Gasteiger partial charge in [-0.2, -0.15) is 0 Å². The van der Waals surface area contributed by atoms with E-state index < -0.39 is 0 Å². The van der Waals surface area contributed by atoms with E-state index >= 15 is 0 Å². The molecule has 1 aliphatic rings. The van der Waals surface area contributed by atoms with Gasteiger partial charge in [-0.25, -0.2) is 0 Å². The Morgan fingerprint density at radius 3 is 2.75 bits per heavy atom. The maximum atomic E-state index is 9.12. The van der Waals surface area contributed by atoms with Crippen molar-refractivity contribution in [1.29, 1.82) is 0 Å². The molecule has 1 atom stereocenters. The Morgan fingerprint density at radius 1 is 1.75 bits per heavy atom. The van der Waals surface area contributed by atoms with Gasteiger partial charge in [0.1, 0.15) is 0 Å². The number of hydrogen-bond acceptors (Lipinski definition) is 1. The topological polar surface area (TPSA) is 20.2 Å². The van der Waals surface area contributed by atoms with Gasteiger partial charge in [-0.1, -0.05) is 6.08 Å². The standard InChI is InChI=1S/C7H12O/c1-2-6-4-3-5-7(6)8/h2,7-8H,3-5H2,1H3/b6-2+. The SMILES string of the molecule is C/C=C1\CCCC1O. The number of rotatable bonds is 0. The molecule has 0 aliphatic heterocycles. The lowest BCUT2D eigenvalue weighted by atomic mass is 10.2. The Hall–Kier alpha value is -0.300. The Morgan fingerprint density at radius 2 is 2.50 bits per heavy atom. The Bertz CT molecular complexity index is 105. The molecule has 1 aliphatic carbocycles. The third-order valence-corrected chi connectivity index (χ3v) is 1.74. The summed E-state index contributed by atoms with van der Waals surface area (Å²) in [5.41, 5.74) is 1.23. The van der Waals surface area contributed by atoms with E-state index in [1.54, 1.807) is 0 Å². The molecule has 1 unspecified atom stereocenters. The molecule has 0 aromatic heterocycles. The van der Waals surface area contributed by atoms with Crippen LogP contribution in [-0.2, 0) is 0 Å². The van der Waals surface area contributed by atoms with Crippen LogP contribution in [0.2, 0.25) is 0 Å². The number of allylic oxidation sites excluding steroid dienone is 1. The normalized spacial score (nSPS) is 34.2. The molecule has 0 saturated heterocycles.